The van der Waals surface area contributed by atoms with Gasteiger partial charge in [-0.15, -0.1) is 0 Å². The van der Waals surface area contributed by atoms with Crippen molar-refractivity contribution >= 4 is 16.9 Å². The summed E-state index contributed by atoms with van der Waals surface area (Å²) in [6.45, 7) is 2.07. The van der Waals surface area contributed by atoms with Crippen LogP contribution in [0.1, 0.15) is 41.4 Å². The molecule has 5 heteroatoms. The van der Waals surface area contributed by atoms with Gasteiger partial charge in [-0.2, -0.15) is 0 Å². The number of hydrogen-bond acceptors (Lipinski definition) is 2. The topological polar surface area (TPSA) is 50.2 Å². The standard InChI is InChI=1S/C16H15F2NO2/c1-2-8-3-4-13-9(5-8)15(16(20)21)10-6-11(17)12(18)7-14(10)19-13/h6-8H,2-5H2,1H3,(H,20,21). The van der Waals surface area contributed by atoms with Crippen LogP contribution in [-0.4, -0.2) is 16.1 Å². The van der Waals surface area contributed by atoms with E-state index in [1.165, 1.54) is 0 Å². The Morgan fingerprint density at radius 1 is 1.38 bits per heavy atom. The molecule has 1 atom stereocenters. The van der Waals surface area contributed by atoms with Gasteiger partial charge < -0.3 is 5.11 Å². The van der Waals surface area contributed by atoms with Crippen molar-refractivity contribution in [3.63, 3.8) is 0 Å². The lowest BCUT2D eigenvalue weighted by atomic mass is 9.82. The van der Waals surface area contributed by atoms with Crippen LogP contribution in [0.15, 0.2) is 12.1 Å². The molecule has 1 aliphatic rings. The summed E-state index contributed by atoms with van der Waals surface area (Å²) in [6.07, 6.45) is 3.23. The number of aryl methyl sites for hydroxylation is 1. The lowest BCUT2D eigenvalue weighted by Crippen LogP contribution is -2.19. The van der Waals surface area contributed by atoms with Gasteiger partial charge in [0.25, 0.3) is 0 Å². The first-order chi connectivity index (χ1) is 10.0. The van der Waals surface area contributed by atoms with Crippen molar-refractivity contribution in [2.75, 3.05) is 0 Å². The number of halogens is 2. The molecule has 110 valence electrons. The van der Waals surface area contributed by atoms with Crippen molar-refractivity contribution < 1.29 is 18.7 Å². The van der Waals surface area contributed by atoms with Gasteiger partial charge in [0.15, 0.2) is 11.6 Å². The van der Waals surface area contributed by atoms with Crippen LogP contribution in [-0.2, 0) is 12.8 Å². The fraction of sp³-hybridized carbons (Fsp3) is 0.375. The molecule has 2 aromatic rings. The summed E-state index contributed by atoms with van der Waals surface area (Å²) in [6, 6.07) is 1.92. The molecule has 21 heavy (non-hydrogen) atoms. The third-order valence-electron chi connectivity index (χ3n) is 4.29. The molecule has 0 radical (unpaired) electrons. The lowest BCUT2D eigenvalue weighted by Gasteiger charge is -2.25. The highest BCUT2D eigenvalue weighted by atomic mass is 19.2. The van der Waals surface area contributed by atoms with Crippen molar-refractivity contribution in [3.05, 3.63) is 40.6 Å². The predicted octanol–water partition coefficient (Wildman–Crippen LogP) is 3.73. The van der Waals surface area contributed by atoms with E-state index in [1.54, 1.807) is 0 Å². The van der Waals surface area contributed by atoms with Crippen LogP contribution in [0.2, 0.25) is 0 Å². The van der Waals surface area contributed by atoms with E-state index >= 15 is 0 Å². The Morgan fingerprint density at radius 2 is 2.10 bits per heavy atom. The van der Waals surface area contributed by atoms with Crippen molar-refractivity contribution in [3.8, 4) is 0 Å². The van der Waals surface area contributed by atoms with Gasteiger partial charge in [0.05, 0.1) is 11.1 Å². The van der Waals surface area contributed by atoms with Crippen LogP contribution < -0.4 is 0 Å². The third-order valence-corrected chi connectivity index (χ3v) is 4.29. The van der Waals surface area contributed by atoms with Crippen LogP contribution in [0.4, 0.5) is 8.78 Å². The molecule has 3 nitrogen and oxygen atoms in total. The molecule has 0 bridgehead atoms. The normalized spacial score (nSPS) is 17.8. The zero-order chi connectivity index (χ0) is 15.1. The second-order valence-corrected chi connectivity index (χ2v) is 5.52. The highest BCUT2D eigenvalue weighted by molar-refractivity contribution is 6.04. The van der Waals surface area contributed by atoms with E-state index in [9.17, 15) is 18.7 Å². The van der Waals surface area contributed by atoms with Gasteiger partial charge in [0.1, 0.15) is 0 Å². The van der Waals surface area contributed by atoms with Gasteiger partial charge in [-0.3, -0.25) is 4.98 Å². The van der Waals surface area contributed by atoms with Gasteiger partial charge in [-0.25, -0.2) is 13.6 Å². The number of carboxylic acid groups (broad SMARTS) is 1. The van der Waals surface area contributed by atoms with Crippen LogP contribution in [0.3, 0.4) is 0 Å². The predicted molar refractivity (Wildman–Crippen MR) is 74.4 cm³/mol. The summed E-state index contributed by atoms with van der Waals surface area (Å²) in [5.74, 6) is -2.75. The van der Waals surface area contributed by atoms with Crippen molar-refractivity contribution in [2.24, 2.45) is 5.92 Å². The first-order valence-electron chi connectivity index (χ1n) is 7.05. The van der Waals surface area contributed by atoms with E-state index in [4.69, 9.17) is 0 Å². The average molecular weight is 291 g/mol. The molecule has 1 unspecified atom stereocenters. The van der Waals surface area contributed by atoms with Crippen molar-refractivity contribution in [1.29, 1.82) is 0 Å². The number of carbonyl (C=O) groups is 1. The average Bonchev–Trinajstić information content (AvgIpc) is 2.45. The number of aromatic nitrogens is 1. The summed E-state index contributed by atoms with van der Waals surface area (Å²) in [5.41, 5.74) is 1.67. The maximum atomic E-state index is 13.5. The number of pyridine rings is 1. The van der Waals surface area contributed by atoms with E-state index < -0.39 is 17.6 Å². The van der Waals surface area contributed by atoms with Crippen LogP contribution >= 0.6 is 0 Å². The van der Waals surface area contributed by atoms with Crippen LogP contribution in [0.5, 0.6) is 0 Å². The molecular formula is C16H15F2NO2. The molecule has 1 N–H and O–H groups in total. The summed E-state index contributed by atoms with van der Waals surface area (Å²) in [4.78, 5) is 16.0. The van der Waals surface area contributed by atoms with E-state index in [0.717, 1.165) is 25.0 Å². The smallest absolute Gasteiger partial charge is 0.336 e. The molecule has 3 rings (SSSR count). The molecule has 1 aliphatic carbocycles. The number of benzene rings is 1. The van der Waals surface area contributed by atoms with E-state index in [0.29, 0.717) is 30.0 Å². The molecule has 0 saturated carbocycles. The van der Waals surface area contributed by atoms with Crippen LogP contribution in [0.25, 0.3) is 10.9 Å². The summed E-state index contributed by atoms with van der Waals surface area (Å²) >= 11 is 0. The molecule has 1 aromatic heterocycles. The molecule has 0 fully saturated rings. The van der Waals surface area contributed by atoms with Gasteiger partial charge >= 0.3 is 5.97 Å². The lowest BCUT2D eigenvalue weighted by molar-refractivity contribution is 0.0697. The SMILES string of the molecule is CCC1CCc2nc3cc(F)c(F)cc3c(C(=O)O)c2C1. The molecule has 0 saturated heterocycles. The Morgan fingerprint density at radius 3 is 2.76 bits per heavy atom. The zero-order valence-corrected chi connectivity index (χ0v) is 11.6. The van der Waals surface area contributed by atoms with Gasteiger partial charge in [-0.05, 0) is 36.8 Å². The second kappa shape index (κ2) is 5.06. The zero-order valence-electron chi connectivity index (χ0n) is 11.6. The number of rotatable bonds is 2. The second-order valence-electron chi connectivity index (χ2n) is 5.52. The minimum atomic E-state index is -1.11. The summed E-state index contributed by atoms with van der Waals surface area (Å²) in [7, 11) is 0. The molecule has 0 spiro atoms. The Hall–Kier alpha value is -2.04. The number of aromatic carboxylic acids is 1. The van der Waals surface area contributed by atoms with Crippen molar-refractivity contribution in [1.82, 2.24) is 4.98 Å². The summed E-state index contributed by atoms with van der Waals surface area (Å²) < 4.78 is 26.8. The molecule has 1 aromatic carbocycles. The number of fused-ring (bicyclic) bond motifs is 2. The fourth-order valence-electron chi connectivity index (χ4n) is 3.10. The number of hydrogen-bond donors (Lipinski definition) is 1. The molecule has 0 amide bonds. The van der Waals surface area contributed by atoms with Gasteiger partial charge in [0.2, 0.25) is 0 Å². The minimum absolute atomic E-state index is 0.0760. The quantitative estimate of drug-likeness (QED) is 0.917. The van der Waals surface area contributed by atoms with Crippen molar-refractivity contribution in [2.45, 2.75) is 32.6 Å². The third kappa shape index (κ3) is 2.26. The molecule has 1 heterocycles. The van der Waals surface area contributed by atoms with Gasteiger partial charge in [0, 0.05) is 17.1 Å². The first-order valence-corrected chi connectivity index (χ1v) is 7.05. The Kier molecular flexibility index (Phi) is 3.35. The van der Waals surface area contributed by atoms with Crippen LogP contribution in [0, 0.1) is 17.6 Å². The summed E-state index contributed by atoms with van der Waals surface area (Å²) in [5, 5.41) is 9.69. The molecular weight excluding hydrogens is 276 g/mol. The Labute approximate surface area is 120 Å². The molecule has 0 aliphatic heterocycles. The van der Waals surface area contributed by atoms with Gasteiger partial charge in [-0.1, -0.05) is 13.3 Å². The Bertz CT molecular complexity index is 743. The number of carboxylic acids is 1. The van der Waals surface area contributed by atoms with E-state index in [-0.39, 0.29) is 16.5 Å². The highest BCUT2D eigenvalue weighted by Crippen LogP contribution is 2.33. The fourth-order valence-corrected chi connectivity index (χ4v) is 3.10. The van der Waals surface area contributed by atoms with E-state index in [1.807, 2.05) is 0 Å². The Balaban J connectivity index is 2.32. The maximum Gasteiger partial charge on any atom is 0.336 e. The number of nitrogens with zero attached hydrogens (tertiary/aromatic N) is 1. The minimum Gasteiger partial charge on any atom is -0.478 e. The van der Waals surface area contributed by atoms with E-state index in [2.05, 4.69) is 11.9 Å². The monoisotopic (exact) mass is 291 g/mol. The largest absolute Gasteiger partial charge is 0.478 e. The maximum absolute atomic E-state index is 13.5. The highest BCUT2D eigenvalue weighted by Gasteiger charge is 2.26. The first kappa shape index (κ1) is 13.9.